The van der Waals surface area contributed by atoms with Gasteiger partial charge in [-0.2, -0.15) is 4.98 Å². The summed E-state index contributed by atoms with van der Waals surface area (Å²) in [5.41, 5.74) is 1.70. The van der Waals surface area contributed by atoms with Crippen LogP contribution in [0.4, 0.5) is 5.69 Å². The average molecular weight is 381 g/mol. The Kier molecular flexibility index (Phi) is 4.61. The van der Waals surface area contributed by atoms with Crippen LogP contribution in [0.5, 0.6) is 0 Å². The molecule has 2 heterocycles. The van der Waals surface area contributed by atoms with Crippen molar-refractivity contribution in [3.8, 4) is 11.4 Å². The minimum atomic E-state index is -0.442. The number of nitrogens with zero attached hydrogens (tertiary/aromatic N) is 5. The maximum absolute atomic E-state index is 10.7. The summed E-state index contributed by atoms with van der Waals surface area (Å²) in [6.07, 6.45) is 0. The van der Waals surface area contributed by atoms with Gasteiger partial charge in [-0.15, -0.1) is 11.3 Å². The summed E-state index contributed by atoms with van der Waals surface area (Å²) in [5.74, 6) is 0.889. The summed E-state index contributed by atoms with van der Waals surface area (Å²) in [6.45, 7) is 1.16. The minimum absolute atomic E-state index is 0.0260. The maximum Gasteiger partial charge on any atom is 0.269 e. The van der Waals surface area contributed by atoms with E-state index in [1.807, 2.05) is 30.1 Å². The average Bonchev–Trinajstić information content (AvgIpc) is 3.28. The second kappa shape index (κ2) is 7.22. The van der Waals surface area contributed by atoms with Gasteiger partial charge < -0.3 is 4.52 Å². The van der Waals surface area contributed by atoms with E-state index < -0.39 is 4.92 Å². The molecule has 8 nitrogen and oxygen atoms in total. The minimum Gasteiger partial charge on any atom is -0.338 e. The fraction of sp³-hybridized carbons (Fsp3) is 0.167. The van der Waals surface area contributed by atoms with Crippen molar-refractivity contribution in [2.45, 2.75) is 13.1 Å². The summed E-state index contributed by atoms with van der Waals surface area (Å²) in [5, 5.41) is 15.7. The first-order valence-electron chi connectivity index (χ1n) is 8.19. The van der Waals surface area contributed by atoms with Crippen molar-refractivity contribution in [1.82, 2.24) is 20.0 Å². The zero-order chi connectivity index (χ0) is 18.8. The number of aromatic nitrogens is 3. The molecule has 4 rings (SSSR count). The Balaban J connectivity index is 1.43. The van der Waals surface area contributed by atoms with E-state index in [9.17, 15) is 10.1 Å². The van der Waals surface area contributed by atoms with Crippen LogP contribution < -0.4 is 0 Å². The second-order valence-electron chi connectivity index (χ2n) is 6.06. The van der Waals surface area contributed by atoms with Gasteiger partial charge in [0.05, 0.1) is 28.2 Å². The number of thiazole rings is 1. The number of non-ortho nitro benzene ring substituents is 1. The molecule has 136 valence electrons. The number of nitro benzene ring substituents is 1. The Morgan fingerprint density at radius 3 is 2.63 bits per heavy atom. The molecule has 0 bridgehead atoms. The highest BCUT2D eigenvalue weighted by molar-refractivity contribution is 7.18. The van der Waals surface area contributed by atoms with E-state index in [1.54, 1.807) is 23.5 Å². The van der Waals surface area contributed by atoms with E-state index >= 15 is 0 Å². The van der Waals surface area contributed by atoms with Crippen molar-refractivity contribution in [3.63, 3.8) is 0 Å². The molecular formula is C18H15N5O3S. The van der Waals surface area contributed by atoms with E-state index in [0.29, 0.717) is 30.4 Å². The molecule has 0 N–H and O–H groups in total. The topological polar surface area (TPSA) is 98.2 Å². The van der Waals surface area contributed by atoms with Crippen LogP contribution in [0, 0.1) is 10.1 Å². The Morgan fingerprint density at radius 2 is 1.89 bits per heavy atom. The highest BCUT2D eigenvalue weighted by Gasteiger charge is 2.14. The van der Waals surface area contributed by atoms with Crippen molar-refractivity contribution < 1.29 is 9.45 Å². The zero-order valence-corrected chi connectivity index (χ0v) is 15.2. The number of benzene rings is 2. The van der Waals surface area contributed by atoms with Gasteiger partial charge >= 0.3 is 0 Å². The number of nitro groups is 1. The van der Waals surface area contributed by atoms with E-state index in [1.165, 1.54) is 16.8 Å². The third-order valence-electron chi connectivity index (χ3n) is 3.95. The number of rotatable bonds is 6. The molecule has 27 heavy (non-hydrogen) atoms. The summed E-state index contributed by atoms with van der Waals surface area (Å²) < 4.78 is 6.48. The molecule has 0 aliphatic rings. The molecule has 0 aliphatic heterocycles. The predicted octanol–water partition coefficient (Wildman–Crippen LogP) is 3.89. The first-order chi connectivity index (χ1) is 13.1. The molecule has 0 unspecified atom stereocenters. The Labute approximate surface area is 158 Å². The van der Waals surface area contributed by atoms with Gasteiger partial charge in [-0.1, -0.05) is 17.3 Å². The Hall–Kier alpha value is -3.17. The summed E-state index contributed by atoms with van der Waals surface area (Å²) in [4.78, 5) is 21.3. The van der Waals surface area contributed by atoms with Crippen molar-refractivity contribution in [2.24, 2.45) is 0 Å². The largest absolute Gasteiger partial charge is 0.338 e. The molecule has 9 heteroatoms. The first kappa shape index (κ1) is 17.3. The molecule has 0 amide bonds. The van der Waals surface area contributed by atoms with Crippen molar-refractivity contribution >= 4 is 27.2 Å². The highest BCUT2D eigenvalue weighted by Crippen LogP contribution is 2.23. The van der Waals surface area contributed by atoms with Crippen molar-refractivity contribution in [2.75, 3.05) is 7.05 Å². The third kappa shape index (κ3) is 3.83. The number of hydrogen-bond donors (Lipinski definition) is 0. The standard InChI is InChI=1S/C18H15N5O3S/c1-22(11-17-19-14-4-2-3-5-15(14)27-17)10-16-20-18(21-26-16)12-6-8-13(9-7-12)23(24)25/h2-9H,10-11H2,1H3. The predicted molar refractivity (Wildman–Crippen MR) is 101 cm³/mol. The van der Waals surface area contributed by atoms with Gasteiger partial charge in [0, 0.05) is 17.7 Å². The number of para-hydroxylation sites is 1. The molecule has 0 atom stereocenters. The van der Waals surface area contributed by atoms with E-state index in [0.717, 1.165) is 10.5 Å². The molecule has 4 aromatic rings. The fourth-order valence-corrected chi connectivity index (χ4v) is 3.72. The normalized spacial score (nSPS) is 11.3. The van der Waals surface area contributed by atoms with Crippen LogP contribution in [0.1, 0.15) is 10.9 Å². The van der Waals surface area contributed by atoms with Gasteiger partial charge in [0.2, 0.25) is 11.7 Å². The Bertz CT molecular complexity index is 1060. The number of fused-ring (bicyclic) bond motifs is 1. The molecule has 2 aromatic carbocycles. The van der Waals surface area contributed by atoms with Crippen molar-refractivity contribution in [3.05, 3.63) is 69.5 Å². The Morgan fingerprint density at radius 1 is 1.11 bits per heavy atom. The lowest BCUT2D eigenvalue weighted by atomic mass is 10.2. The van der Waals surface area contributed by atoms with E-state index in [4.69, 9.17) is 4.52 Å². The smallest absolute Gasteiger partial charge is 0.269 e. The number of hydrogen-bond acceptors (Lipinski definition) is 8. The molecule has 0 radical (unpaired) electrons. The lowest BCUT2D eigenvalue weighted by Gasteiger charge is -2.11. The molecule has 0 aliphatic carbocycles. The fourth-order valence-electron chi connectivity index (χ4n) is 2.67. The van der Waals surface area contributed by atoms with Gasteiger partial charge in [0.15, 0.2) is 0 Å². The molecular weight excluding hydrogens is 366 g/mol. The highest BCUT2D eigenvalue weighted by atomic mass is 32.1. The quantitative estimate of drug-likeness (QED) is 0.369. The van der Waals surface area contributed by atoms with Crippen molar-refractivity contribution in [1.29, 1.82) is 0 Å². The van der Waals surface area contributed by atoms with Gasteiger partial charge in [-0.25, -0.2) is 4.98 Å². The van der Waals surface area contributed by atoms with Crippen LogP contribution in [0.2, 0.25) is 0 Å². The van der Waals surface area contributed by atoms with Crippen LogP contribution >= 0.6 is 11.3 Å². The zero-order valence-electron chi connectivity index (χ0n) is 14.4. The summed E-state index contributed by atoms with van der Waals surface area (Å²) in [7, 11) is 1.96. The lowest BCUT2D eigenvalue weighted by molar-refractivity contribution is -0.384. The van der Waals surface area contributed by atoms with Crippen LogP contribution in [0.25, 0.3) is 21.6 Å². The van der Waals surface area contributed by atoms with Crippen LogP contribution in [0.3, 0.4) is 0 Å². The van der Waals surface area contributed by atoms with Gasteiger partial charge in [0.25, 0.3) is 5.69 Å². The van der Waals surface area contributed by atoms with E-state index in [-0.39, 0.29) is 5.69 Å². The van der Waals surface area contributed by atoms with Gasteiger partial charge in [-0.3, -0.25) is 15.0 Å². The molecule has 0 saturated carbocycles. The molecule has 0 spiro atoms. The van der Waals surface area contributed by atoms with E-state index in [2.05, 4.69) is 21.2 Å². The second-order valence-corrected chi connectivity index (χ2v) is 7.18. The molecule has 2 aromatic heterocycles. The van der Waals surface area contributed by atoms with Gasteiger partial charge in [0.1, 0.15) is 5.01 Å². The summed E-state index contributed by atoms with van der Waals surface area (Å²) >= 11 is 1.67. The SMILES string of the molecule is CN(Cc1nc(-c2ccc([N+](=O)[O-])cc2)no1)Cc1nc2ccccc2s1. The monoisotopic (exact) mass is 381 g/mol. The third-order valence-corrected chi connectivity index (χ3v) is 4.97. The summed E-state index contributed by atoms with van der Waals surface area (Å²) in [6, 6.07) is 14.1. The first-order valence-corrected chi connectivity index (χ1v) is 9.00. The van der Waals surface area contributed by atoms with Crippen LogP contribution in [-0.2, 0) is 13.1 Å². The molecule has 0 saturated heterocycles. The van der Waals surface area contributed by atoms with Crippen LogP contribution in [0.15, 0.2) is 53.1 Å². The molecule has 0 fully saturated rings. The van der Waals surface area contributed by atoms with Gasteiger partial charge in [-0.05, 0) is 31.3 Å². The maximum atomic E-state index is 10.7. The lowest BCUT2D eigenvalue weighted by Crippen LogP contribution is -2.17. The van der Waals surface area contributed by atoms with Crippen LogP contribution in [-0.4, -0.2) is 32.0 Å².